The summed E-state index contributed by atoms with van der Waals surface area (Å²) in [6.07, 6.45) is 0. The van der Waals surface area contributed by atoms with Gasteiger partial charge >= 0.3 is 5.97 Å². The van der Waals surface area contributed by atoms with Crippen LogP contribution in [-0.4, -0.2) is 44.3 Å². The molecule has 10 heteroatoms. The van der Waals surface area contributed by atoms with Crippen LogP contribution in [0.5, 0.6) is 0 Å². The molecule has 2 unspecified atom stereocenters. The van der Waals surface area contributed by atoms with E-state index in [2.05, 4.69) is 15.4 Å². The van der Waals surface area contributed by atoms with Crippen LogP contribution in [0.1, 0.15) is 24.2 Å². The number of rotatable bonds is 6. The van der Waals surface area contributed by atoms with Gasteiger partial charge in [0.25, 0.3) is 0 Å². The van der Waals surface area contributed by atoms with E-state index < -0.39 is 33.4 Å². The molecule has 2 amide bonds. The minimum Gasteiger partial charge on any atom is -0.465 e. The molecule has 3 rings (SSSR count). The molecule has 0 radical (unpaired) electrons. The minimum atomic E-state index is -3.77. The number of amides is 2. The Kier molecular flexibility index (Phi) is 6.71. The smallest absolute Gasteiger partial charge is 0.337 e. The molecule has 0 spiro atoms. The number of esters is 1. The van der Waals surface area contributed by atoms with Gasteiger partial charge in [-0.1, -0.05) is 6.92 Å². The number of benzene rings is 2. The Labute approximate surface area is 184 Å². The molecule has 1 aliphatic rings. The second-order valence-corrected chi connectivity index (χ2v) is 10.6. The molecule has 0 saturated heterocycles. The van der Waals surface area contributed by atoms with Gasteiger partial charge in [0.1, 0.15) is 0 Å². The molecule has 0 aliphatic carbocycles. The first-order chi connectivity index (χ1) is 14.6. The molecular formula is C21H22N2O6S2. The number of anilines is 2. The Morgan fingerprint density at radius 2 is 1.87 bits per heavy atom. The molecule has 2 N–H and O–H groups in total. The minimum absolute atomic E-state index is 0.0452. The highest BCUT2D eigenvalue weighted by Crippen LogP contribution is 2.37. The van der Waals surface area contributed by atoms with Crippen molar-refractivity contribution in [1.29, 1.82) is 0 Å². The summed E-state index contributed by atoms with van der Waals surface area (Å²) >= 11 is 1.36. The molecule has 1 heterocycles. The van der Waals surface area contributed by atoms with Crippen molar-refractivity contribution in [3.05, 3.63) is 48.0 Å². The van der Waals surface area contributed by atoms with Crippen molar-refractivity contribution in [3.8, 4) is 0 Å². The van der Waals surface area contributed by atoms with Crippen LogP contribution in [0.15, 0.2) is 52.3 Å². The molecule has 31 heavy (non-hydrogen) atoms. The number of thioether (sulfide) groups is 1. The van der Waals surface area contributed by atoms with Crippen LogP contribution in [0, 0.1) is 5.92 Å². The molecule has 0 bridgehead atoms. The lowest BCUT2D eigenvalue weighted by molar-refractivity contribution is -0.119. The van der Waals surface area contributed by atoms with Crippen LogP contribution < -0.4 is 10.6 Å². The van der Waals surface area contributed by atoms with E-state index in [4.69, 9.17) is 0 Å². The lowest BCUT2D eigenvalue weighted by Crippen LogP contribution is -2.28. The van der Waals surface area contributed by atoms with Crippen molar-refractivity contribution in [2.75, 3.05) is 23.5 Å². The highest BCUT2D eigenvalue weighted by atomic mass is 32.2. The third kappa shape index (κ3) is 5.26. The fraction of sp³-hybridized carbons (Fsp3) is 0.286. The zero-order valence-corrected chi connectivity index (χ0v) is 18.8. The average Bonchev–Trinajstić information content (AvgIpc) is 2.73. The summed E-state index contributed by atoms with van der Waals surface area (Å²) in [6, 6.07) is 10.7. The number of carbonyl (C=O) groups excluding carboxylic acids is 3. The normalized spacial score (nSPS) is 16.6. The Morgan fingerprint density at radius 1 is 1.19 bits per heavy atom. The number of nitrogens with one attached hydrogen (secondary N) is 2. The van der Waals surface area contributed by atoms with Crippen molar-refractivity contribution < 1.29 is 27.5 Å². The molecule has 2 aromatic carbocycles. The third-order valence-corrected chi connectivity index (χ3v) is 7.82. The van der Waals surface area contributed by atoms with Crippen LogP contribution in [-0.2, 0) is 24.2 Å². The first-order valence-electron chi connectivity index (χ1n) is 9.44. The number of methoxy groups -OCH3 is 1. The van der Waals surface area contributed by atoms with Gasteiger partial charge < -0.3 is 15.4 Å². The average molecular weight is 463 g/mol. The molecule has 164 valence electrons. The zero-order chi connectivity index (χ0) is 22.8. The molecule has 0 aromatic heterocycles. The van der Waals surface area contributed by atoms with Gasteiger partial charge in [0.05, 0.1) is 34.3 Å². The van der Waals surface area contributed by atoms with E-state index in [1.807, 2.05) is 0 Å². The largest absolute Gasteiger partial charge is 0.465 e. The summed E-state index contributed by atoms with van der Waals surface area (Å²) in [5.74, 6) is -2.37. The Bertz CT molecular complexity index is 1130. The van der Waals surface area contributed by atoms with E-state index >= 15 is 0 Å². The maximum absolute atomic E-state index is 12.8. The Balaban J connectivity index is 1.68. The van der Waals surface area contributed by atoms with Crippen LogP contribution in [0.2, 0.25) is 0 Å². The summed E-state index contributed by atoms with van der Waals surface area (Å²) in [7, 11) is -2.49. The van der Waals surface area contributed by atoms with E-state index in [0.29, 0.717) is 16.9 Å². The van der Waals surface area contributed by atoms with E-state index in [-0.39, 0.29) is 16.1 Å². The Hall–Kier alpha value is -2.85. The molecule has 2 aromatic rings. The van der Waals surface area contributed by atoms with E-state index in [1.165, 1.54) is 62.2 Å². The maximum Gasteiger partial charge on any atom is 0.337 e. The highest BCUT2D eigenvalue weighted by Gasteiger charge is 2.27. The van der Waals surface area contributed by atoms with Gasteiger partial charge in [-0.25, -0.2) is 13.2 Å². The topological polar surface area (TPSA) is 119 Å². The van der Waals surface area contributed by atoms with Crippen LogP contribution >= 0.6 is 11.8 Å². The number of ether oxygens (including phenoxy) is 1. The molecule has 8 nitrogen and oxygen atoms in total. The van der Waals surface area contributed by atoms with Crippen molar-refractivity contribution in [2.45, 2.75) is 28.9 Å². The van der Waals surface area contributed by atoms with Gasteiger partial charge in [0.2, 0.25) is 11.8 Å². The fourth-order valence-electron chi connectivity index (χ4n) is 2.96. The van der Waals surface area contributed by atoms with Gasteiger partial charge in [-0.15, -0.1) is 11.8 Å². The lowest BCUT2D eigenvalue weighted by atomic mass is 10.1. The van der Waals surface area contributed by atoms with Crippen LogP contribution in [0.4, 0.5) is 11.4 Å². The second-order valence-electron chi connectivity index (χ2n) is 7.15. The number of hydrogen-bond donors (Lipinski definition) is 2. The fourth-order valence-corrected chi connectivity index (χ4v) is 5.46. The van der Waals surface area contributed by atoms with Gasteiger partial charge in [-0.3, -0.25) is 9.59 Å². The van der Waals surface area contributed by atoms with Gasteiger partial charge in [0, 0.05) is 16.5 Å². The van der Waals surface area contributed by atoms with Gasteiger partial charge in [-0.05, 0) is 49.4 Å². The van der Waals surface area contributed by atoms with Crippen molar-refractivity contribution in [2.24, 2.45) is 5.92 Å². The number of hydrogen-bond acceptors (Lipinski definition) is 7. The summed E-state index contributed by atoms with van der Waals surface area (Å²) in [5.41, 5.74) is 1.23. The molecular weight excluding hydrogens is 440 g/mol. The maximum atomic E-state index is 12.8. The lowest BCUT2D eigenvalue weighted by Gasteiger charge is -2.22. The standard InChI is InChI=1S/C21H22N2O6S2/c1-12(19(24)22-15-6-4-14(5-7-15)21(26)29-3)11-31(27,28)16-8-9-18-17(10-16)23-20(25)13(2)30-18/h4-10,12-13H,11H2,1-3H3,(H,22,24)(H,23,25). The van der Waals surface area contributed by atoms with E-state index in [1.54, 1.807) is 13.0 Å². The van der Waals surface area contributed by atoms with Gasteiger partial charge in [-0.2, -0.15) is 0 Å². The summed E-state index contributed by atoms with van der Waals surface area (Å²) < 4.78 is 30.3. The highest BCUT2D eigenvalue weighted by molar-refractivity contribution is 8.01. The predicted molar refractivity (Wildman–Crippen MR) is 118 cm³/mol. The van der Waals surface area contributed by atoms with Crippen molar-refractivity contribution in [3.63, 3.8) is 0 Å². The summed E-state index contributed by atoms with van der Waals surface area (Å²) in [4.78, 5) is 36.7. The van der Waals surface area contributed by atoms with E-state index in [0.717, 1.165) is 4.90 Å². The quantitative estimate of drug-likeness (QED) is 0.634. The number of carbonyl (C=O) groups is 3. The van der Waals surface area contributed by atoms with Crippen LogP contribution in [0.3, 0.4) is 0 Å². The van der Waals surface area contributed by atoms with Crippen molar-refractivity contribution in [1.82, 2.24) is 0 Å². The second kappa shape index (κ2) is 9.11. The summed E-state index contributed by atoms with van der Waals surface area (Å²) in [6.45, 7) is 3.30. The first-order valence-corrected chi connectivity index (χ1v) is 12.0. The van der Waals surface area contributed by atoms with Crippen LogP contribution in [0.25, 0.3) is 0 Å². The Morgan fingerprint density at radius 3 is 2.52 bits per heavy atom. The SMILES string of the molecule is COC(=O)c1ccc(NC(=O)C(C)CS(=O)(=O)c2ccc3c(c2)NC(=O)C(C)S3)cc1. The third-order valence-electron chi connectivity index (χ3n) is 4.73. The predicted octanol–water partition coefficient (Wildman–Crippen LogP) is 2.95. The zero-order valence-electron chi connectivity index (χ0n) is 17.2. The van der Waals surface area contributed by atoms with E-state index in [9.17, 15) is 22.8 Å². The molecule has 2 atom stereocenters. The molecule has 0 saturated carbocycles. The summed E-state index contributed by atoms with van der Waals surface area (Å²) in [5, 5.41) is 5.11. The number of sulfone groups is 1. The number of fused-ring (bicyclic) bond motifs is 1. The molecule has 0 fully saturated rings. The molecule has 1 aliphatic heterocycles. The first kappa shape index (κ1) is 22.8. The van der Waals surface area contributed by atoms with Crippen molar-refractivity contribution >= 4 is 50.8 Å². The monoisotopic (exact) mass is 462 g/mol. The van der Waals surface area contributed by atoms with Gasteiger partial charge in [0.15, 0.2) is 9.84 Å².